The number of amides is 1. The third-order valence-corrected chi connectivity index (χ3v) is 3.36. The summed E-state index contributed by atoms with van der Waals surface area (Å²) in [7, 11) is 0. The Morgan fingerprint density at radius 1 is 1.24 bits per heavy atom. The minimum atomic E-state index is -0.635. The number of aliphatic imine (C=N–C) groups is 1. The Kier molecular flexibility index (Phi) is 6.45. The number of hydrogen-bond acceptors (Lipinski definition) is 3. The van der Waals surface area contributed by atoms with E-state index in [9.17, 15) is 9.90 Å². The Bertz CT molecular complexity index is 368. The van der Waals surface area contributed by atoms with Crippen molar-refractivity contribution in [2.75, 3.05) is 19.6 Å². The lowest BCUT2D eigenvalue weighted by molar-refractivity contribution is -0.121. The van der Waals surface area contributed by atoms with Crippen LogP contribution in [0.25, 0.3) is 0 Å². The fraction of sp³-hybridized carbons (Fsp3) is 0.867. The normalized spacial score (nSPS) is 18.4. The second kappa shape index (κ2) is 7.64. The predicted octanol–water partition coefficient (Wildman–Crippen LogP) is 0.761. The number of guanidine groups is 1. The lowest BCUT2D eigenvalue weighted by atomic mass is 10.0. The molecule has 6 nitrogen and oxygen atoms in total. The largest absolute Gasteiger partial charge is 0.388 e. The van der Waals surface area contributed by atoms with Gasteiger partial charge < -0.3 is 21.1 Å². The smallest absolute Gasteiger partial charge is 0.242 e. The molecule has 0 aliphatic heterocycles. The molecule has 0 aromatic heterocycles. The Morgan fingerprint density at radius 3 is 2.38 bits per heavy atom. The maximum absolute atomic E-state index is 11.8. The summed E-state index contributed by atoms with van der Waals surface area (Å²) in [6.07, 6.45) is 3.79. The average Bonchev–Trinajstić information content (AvgIpc) is 2.78. The van der Waals surface area contributed by atoms with Crippen molar-refractivity contribution in [2.45, 2.75) is 64.5 Å². The molecule has 0 atom stereocenters. The van der Waals surface area contributed by atoms with Gasteiger partial charge in [0.1, 0.15) is 6.54 Å². The summed E-state index contributed by atoms with van der Waals surface area (Å²) in [5, 5.41) is 19.4. The number of carbonyl (C=O) groups is 1. The lowest BCUT2D eigenvalue weighted by Crippen LogP contribution is -2.47. The van der Waals surface area contributed by atoms with Gasteiger partial charge in [-0.05, 0) is 40.5 Å². The fourth-order valence-electron chi connectivity index (χ4n) is 2.41. The summed E-state index contributed by atoms with van der Waals surface area (Å²) in [5.74, 6) is 0.459. The third kappa shape index (κ3) is 7.32. The standard InChI is InChI=1S/C15H30N4O2/c1-5-16-13(17-10-12(20)19-14(2,3)4)18-11-15(21)8-6-7-9-15/h21H,5-11H2,1-4H3,(H,19,20)(H2,16,17,18). The molecular weight excluding hydrogens is 268 g/mol. The number of nitrogens with one attached hydrogen (secondary N) is 3. The molecule has 0 unspecified atom stereocenters. The molecule has 0 bridgehead atoms. The molecule has 6 heteroatoms. The van der Waals surface area contributed by atoms with Crippen LogP contribution < -0.4 is 16.0 Å². The van der Waals surface area contributed by atoms with E-state index < -0.39 is 5.60 Å². The lowest BCUT2D eigenvalue weighted by Gasteiger charge is -2.24. The van der Waals surface area contributed by atoms with E-state index in [1.807, 2.05) is 27.7 Å². The first-order valence-corrected chi connectivity index (χ1v) is 7.80. The molecule has 0 heterocycles. The average molecular weight is 298 g/mol. The van der Waals surface area contributed by atoms with E-state index in [4.69, 9.17) is 0 Å². The highest BCUT2D eigenvalue weighted by Gasteiger charge is 2.30. The maximum atomic E-state index is 11.8. The Morgan fingerprint density at radius 2 is 1.86 bits per heavy atom. The van der Waals surface area contributed by atoms with E-state index >= 15 is 0 Å². The molecule has 1 fully saturated rings. The predicted molar refractivity (Wildman–Crippen MR) is 85.3 cm³/mol. The van der Waals surface area contributed by atoms with E-state index in [1.165, 1.54) is 0 Å². The van der Waals surface area contributed by atoms with Crippen LogP contribution in [0.4, 0.5) is 0 Å². The highest BCUT2D eigenvalue weighted by Crippen LogP contribution is 2.28. The van der Waals surface area contributed by atoms with Crippen molar-refractivity contribution >= 4 is 11.9 Å². The molecule has 0 spiro atoms. The molecule has 1 aliphatic rings. The van der Waals surface area contributed by atoms with Crippen LogP contribution in [-0.4, -0.2) is 47.7 Å². The monoisotopic (exact) mass is 298 g/mol. The quantitative estimate of drug-likeness (QED) is 0.446. The summed E-state index contributed by atoms with van der Waals surface area (Å²) in [4.78, 5) is 16.0. The van der Waals surface area contributed by atoms with Crippen LogP contribution in [0.15, 0.2) is 4.99 Å². The van der Waals surface area contributed by atoms with E-state index in [2.05, 4.69) is 20.9 Å². The van der Waals surface area contributed by atoms with E-state index in [0.717, 1.165) is 25.7 Å². The van der Waals surface area contributed by atoms with Gasteiger partial charge in [0, 0.05) is 18.6 Å². The van der Waals surface area contributed by atoms with Crippen molar-refractivity contribution in [3.05, 3.63) is 0 Å². The van der Waals surface area contributed by atoms with Gasteiger partial charge in [0.15, 0.2) is 5.96 Å². The zero-order chi connectivity index (χ0) is 15.9. The number of nitrogens with zero attached hydrogens (tertiary/aromatic N) is 1. The van der Waals surface area contributed by atoms with Crippen LogP contribution in [-0.2, 0) is 4.79 Å². The van der Waals surface area contributed by atoms with E-state index in [1.54, 1.807) is 0 Å². The van der Waals surface area contributed by atoms with Gasteiger partial charge in [0.2, 0.25) is 5.91 Å². The molecule has 0 radical (unpaired) electrons. The first-order valence-electron chi connectivity index (χ1n) is 7.80. The fourth-order valence-corrected chi connectivity index (χ4v) is 2.41. The number of carbonyl (C=O) groups excluding carboxylic acids is 1. The van der Waals surface area contributed by atoms with Crippen LogP contribution >= 0.6 is 0 Å². The zero-order valence-corrected chi connectivity index (χ0v) is 13.8. The van der Waals surface area contributed by atoms with Crippen LogP contribution in [0.5, 0.6) is 0 Å². The minimum Gasteiger partial charge on any atom is -0.388 e. The van der Waals surface area contributed by atoms with Crippen molar-refractivity contribution in [1.29, 1.82) is 0 Å². The summed E-state index contributed by atoms with van der Waals surface area (Å²) in [5.41, 5.74) is -0.888. The van der Waals surface area contributed by atoms with Gasteiger partial charge >= 0.3 is 0 Å². The molecule has 4 N–H and O–H groups in total. The number of rotatable bonds is 5. The molecule has 0 saturated heterocycles. The van der Waals surface area contributed by atoms with Crippen molar-refractivity contribution < 1.29 is 9.90 Å². The van der Waals surface area contributed by atoms with Crippen LogP contribution in [0.3, 0.4) is 0 Å². The molecule has 21 heavy (non-hydrogen) atoms. The van der Waals surface area contributed by atoms with Gasteiger partial charge in [0.05, 0.1) is 5.60 Å². The summed E-state index contributed by atoms with van der Waals surface area (Å²) < 4.78 is 0. The molecule has 1 saturated carbocycles. The summed E-state index contributed by atoms with van der Waals surface area (Å²) >= 11 is 0. The van der Waals surface area contributed by atoms with Gasteiger partial charge in [-0.15, -0.1) is 0 Å². The van der Waals surface area contributed by atoms with Gasteiger partial charge in [-0.2, -0.15) is 0 Å². The molecule has 1 rings (SSSR count). The number of hydrogen-bond donors (Lipinski definition) is 4. The van der Waals surface area contributed by atoms with Crippen LogP contribution in [0.2, 0.25) is 0 Å². The Balaban J connectivity index is 2.47. The third-order valence-electron chi connectivity index (χ3n) is 3.36. The number of aliphatic hydroxyl groups is 1. The first kappa shape index (κ1) is 17.8. The van der Waals surface area contributed by atoms with Crippen molar-refractivity contribution in [1.82, 2.24) is 16.0 Å². The molecule has 1 amide bonds. The zero-order valence-electron chi connectivity index (χ0n) is 13.8. The Hall–Kier alpha value is -1.30. The SMILES string of the molecule is CCNC(=NCC(=O)NC(C)(C)C)NCC1(O)CCCC1. The molecular formula is C15H30N4O2. The van der Waals surface area contributed by atoms with Gasteiger partial charge in [0.25, 0.3) is 0 Å². The van der Waals surface area contributed by atoms with Crippen LogP contribution in [0, 0.1) is 0 Å². The highest BCUT2D eigenvalue weighted by atomic mass is 16.3. The summed E-state index contributed by atoms with van der Waals surface area (Å²) in [6, 6.07) is 0. The summed E-state index contributed by atoms with van der Waals surface area (Å²) in [6.45, 7) is 9.04. The van der Waals surface area contributed by atoms with Gasteiger partial charge in [-0.3, -0.25) is 4.79 Å². The molecule has 1 aliphatic carbocycles. The minimum absolute atomic E-state index is 0.0744. The molecule has 0 aromatic carbocycles. The molecule has 122 valence electrons. The molecule has 0 aromatic rings. The second-order valence-electron chi connectivity index (χ2n) is 6.78. The Labute approximate surface area is 127 Å². The van der Waals surface area contributed by atoms with Crippen molar-refractivity contribution in [2.24, 2.45) is 4.99 Å². The van der Waals surface area contributed by atoms with Crippen molar-refractivity contribution in [3.63, 3.8) is 0 Å². The van der Waals surface area contributed by atoms with Gasteiger partial charge in [-0.1, -0.05) is 12.8 Å². The maximum Gasteiger partial charge on any atom is 0.242 e. The van der Waals surface area contributed by atoms with E-state index in [0.29, 0.717) is 19.0 Å². The van der Waals surface area contributed by atoms with Crippen LogP contribution in [0.1, 0.15) is 53.4 Å². The van der Waals surface area contributed by atoms with Crippen molar-refractivity contribution in [3.8, 4) is 0 Å². The second-order valence-corrected chi connectivity index (χ2v) is 6.78. The first-order chi connectivity index (χ1) is 9.74. The van der Waals surface area contributed by atoms with E-state index in [-0.39, 0.29) is 18.0 Å². The van der Waals surface area contributed by atoms with Gasteiger partial charge in [-0.25, -0.2) is 4.99 Å². The highest BCUT2D eigenvalue weighted by molar-refractivity contribution is 5.85. The topological polar surface area (TPSA) is 85.8 Å².